The minimum atomic E-state index is -4.90. The number of hydrazine groups is 1. The molecule has 7 nitrogen and oxygen atoms in total. The molecule has 14 heteroatoms. The molecule has 1 aromatic rings. The Hall–Kier alpha value is -2.37. The molecule has 0 radical (unpaired) electrons. The third-order valence-electron chi connectivity index (χ3n) is 3.71. The Morgan fingerprint density at radius 2 is 1.79 bits per heavy atom. The van der Waals surface area contributed by atoms with Gasteiger partial charge in [-0.15, -0.1) is 4.40 Å². The van der Waals surface area contributed by atoms with Gasteiger partial charge in [-0.3, -0.25) is 5.84 Å². The standard InChI is InChI=1S/C15H17F6N5O2S/c1-13(26-23,5-6-14(16,17)18)12(25-29(2,27)28)24-10-4-3-9(8-22)11(7-10)15(19,20)21/h3-4,7,26H,5-6,23H2,1-2H3,(H,24,25). The summed E-state index contributed by atoms with van der Waals surface area (Å²) in [7, 11) is -4.17. The van der Waals surface area contributed by atoms with E-state index < -0.39 is 57.7 Å². The van der Waals surface area contributed by atoms with Crippen LogP contribution in [-0.2, 0) is 16.2 Å². The highest BCUT2D eigenvalue weighted by Gasteiger charge is 2.38. The number of amidine groups is 1. The molecule has 0 heterocycles. The number of sulfonamides is 1. The van der Waals surface area contributed by atoms with E-state index in [1.807, 2.05) is 5.43 Å². The molecule has 0 aromatic heterocycles. The van der Waals surface area contributed by atoms with Gasteiger partial charge < -0.3 is 5.32 Å². The number of nitriles is 1. The van der Waals surface area contributed by atoms with Crippen LogP contribution in [0, 0.1) is 11.3 Å². The molecule has 0 spiro atoms. The molecule has 4 N–H and O–H groups in total. The number of rotatable bonds is 6. The minimum absolute atomic E-state index is 0.354. The van der Waals surface area contributed by atoms with E-state index in [1.54, 1.807) is 0 Å². The number of hydrogen-bond acceptors (Lipinski definition) is 5. The summed E-state index contributed by atoms with van der Waals surface area (Å²) >= 11 is 0. The second-order valence-corrected chi connectivity index (χ2v) is 7.91. The fraction of sp³-hybridized carbons (Fsp3) is 0.467. The first-order valence-electron chi connectivity index (χ1n) is 7.74. The lowest BCUT2D eigenvalue weighted by molar-refractivity contribution is -0.138. The third kappa shape index (κ3) is 7.52. The number of nitrogens with zero attached hydrogens (tertiary/aromatic N) is 2. The lowest BCUT2D eigenvalue weighted by atomic mass is 9.94. The summed E-state index contributed by atoms with van der Waals surface area (Å²) in [5.41, 5.74) is -2.22. The molecule has 0 saturated heterocycles. The highest BCUT2D eigenvalue weighted by molar-refractivity contribution is 7.89. The molecular formula is C15H17F6N5O2S. The van der Waals surface area contributed by atoms with E-state index in [4.69, 9.17) is 11.1 Å². The summed E-state index contributed by atoms with van der Waals surface area (Å²) in [6.07, 6.45) is -11.0. The Morgan fingerprint density at radius 3 is 2.21 bits per heavy atom. The van der Waals surface area contributed by atoms with Crippen molar-refractivity contribution in [2.75, 3.05) is 11.6 Å². The number of nitrogens with one attached hydrogen (secondary N) is 2. The molecule has 0 aliphatic heterocycles. The smallest absolute Gasteiger partial charge is 0.341 e. The molecule has 0 aliphatic carbocycles. The van der Waals surface area contributed by atoms with Gasteiger partial charge in [0.1, 0.15) is 5.84 Å². The van der Waals surface area contributed by atoms with Gasteiger partial charge in [0.2, 0.25) is 0 Å². The van der Waals surface area contributed by atoms with Gasteiger partial charge in [-0.2, -0.15) is 31.6 Å². The predicted molar refractivity (Wildman–Crippen MR) is 93.1 cm³/mol. The maximum atomic E-state index is 13.1. The number of hydrogen-bond donors (Lipinski definition) is 3. The molecule has 1 aromatic carbocycles. The van der Waals surface area contributed by atoms with E-state index in [-0.39, 0.29) is 5.69 Å². The van der Waals surface area contributed by atoms with Crippen molar-refractivity contribution in [1.29, 1.82) is 5.26 Å². The van der Waals surface area contributed by atoms with Crippen LogP contribution in [0.5, 0.6) is 0 Å². The van der Waals surface area contributed by atoms with Crippen molar-refractivity contribution in [3.8, 4) is 6.07 Å². The molecule has 0 saturated carbocycles. The summed E-state index contributed by atoms with van der Waals surface area (Å²) in [4.78, 5) is 0. The number of alkyl halides is 6. The maximum Gasteiger partial charge on any atom is 0.417 e. The van der Waals surface area contributed by atoms with Crippen LogP contribution in [0.15, 0.2) is 22.6 Å². The Bertz CT molecular complexity index is 921. The van der Waals surface area contributed by atoms with Crippen LogP contribution in [-0.4, -0.2) is 32.2 Å². The van der Waals surface area contributed by atoms with Gasteiger partial charge in [0.25, 0.3) is 10.0 Å². The van der Waals surface area contributed by atoms with Crippen molar-refractivity contribution in [2.24, 2.45) is 10.2 Å². The zero-order valence-corrected chi connectivity index (χ0v) is 15.9. The van der Waals surface area contributed by atoms with Crippen LogP contribution in [0.2, 0.25) is 0 Å². The lowest BCUT2D eigenvalue weighted by Gasteiger charge is -2.31. The molecule has 0 bridgehead atoms. The molecule has 29 heavy (non-hydrogen) atoms. The van der Waals surface area contributed by atoms with Crippen molar-refractivity contribution in [3.05, 3.63) is 29.3 Å². The van der Waals surface area contributed by atoms with E-state index in [0.717, 1.165) is 19.1 Å². The molecular weight excluding hydrogens is 428 g/mol. The zero-order valence-electron chi connectivity index (χ0n) is 15.1. The Kier molecular flexibility index (Phi) is 7.28. The summed E-state index contributed by atoms with van der Waals surface area (Å²) in [5.74, 6) is 4.65. The normalized spacial score (nSPS) is 15.5. The topological polar surface area (TPSA) is 120 Å². The summed E-state index contributed by atoms with van der Waals surface area (Å²) in [6, 6.07) is 3.72. The highest BCUT2D eigenvalue weighted by atomic mass is 32.2. The quantitative estimate of drug-likeness (QED) is 0.204. The number of halogens is 6. The predicted octanol–water partition coefficient (Wildman–Crippen LogP) is 2.91. The van der Waals surface area contributed by atoms with Crippen LogP contribution in [0.4, 0.5) is 32.0 Å². The minimum Gasteiger partial charge on any atom is -0.341 e. The van der Waals surface area contributed by atoms with Crippen LogP contribution >= 0.6 is 0 Å². The second-order valence-electron chi connectivity index (χ2n) is 6.26. The fourth-order valence-corrected chi connectivity index (χ4v) is 2.75. The summed E-state index contributed by atoms with van der Waals surface area (Å²) in [5, 5.41) is 11.1. The van der Waals surface area contributed by atoms with Crippen LogP contribution in [0.3, 0.4) is 0 Å². The van der Waals surface area contributed by atoms with E-state index in [1.165, 1.54) is 6.07 Å². The molecule has 1 rings (SSSR count). The molecule has 0 amide bonds. The highest BCUT2D eigenvalue weighted by Crippen LogP contribution is 2.34. The largest absolute Gasteiger partial charge is 0.417 e. The average molecular weight is 445 g/mol. The van der Waals surface area contributed by atoms with Gasteiger partial charge in [0, 0.05) is 12.1 Å². The maximum absolute atomic E-state index is 13.1. The number of benzene rings is 1. The Morgan fingerprint density at radius 1 is 1.21 bits per heavy atom. The van der Waals surface area contributed by atoms with Crippen molar-refractivity contribution in [2.45, 2.75) is 37.7 Å². The van der Waals surface area contributed by atoms with Crippen molar-refractivity contribution in [1.82, 2.24) is 5.43 Å². The number of nitrogens with two attached hydrogens (primary N) is 1. The fourth-order valence-electron chi connectivity index (χ4n) is 2.17. The molecule has 1 atom stereocenters. The summed E-state index contributed by atoms with van der Waals surface area (Å²) in [6.45, 7) is 1.10. The molecule has 0 aliphatic rings. The first kappa shape index (κ1) is 24.7. The van der Waals surface area contributed by atoms with E-state index in [9.17, 15) is 34.8 Å². The van der Waals surface area contributed by atoms with Gasteiger partial charge in [-0.05, 0) is 31.5 Å². The van der Waals surface area contributed by atoms with Gasteiger partial charge >= 0.3 is 12.4 Å². The molecule has 162 valence electrons. The zero-order chi connectivity index (χ0) is 22.7. The first-order valence-corrected chi connectivity index (χ1v) is 9.59. The van der Waals surface area contributed by atoms with Gasteiger partial charge in [0.05, 0.1) is 29.0 Å². The van der Waals surface area contributed by atoms with Gasteiger partial charge in [0.15, 0.2) is 0 Å². The van der Waals surface area contributed by atoms with Crippen molar-refractivity contribution >= 4 is 21.5 Å². The SMILES string of the molecule is CC(CCC(F)(F)F)(NN)/C(=N\S(C)(=O)=O)Nc1ccc(C#N)c(C(F)(F)F)c1. The Balaban J connectivity index is 3.45. The number of anilines is 1. The van der Waals surface area contributed by atoms with E-state index in [0.29, 0.717) is 12.3 Å². The van der Waals surface area contributed by atoms with Crippen molar-refractivity contribution < 1.29 is 34.8 Å². The van der Waals surface area contributed by atoms with Gasteiger partial charge in [-0.1, -0.05) is 0 Å². The third-order valence-corrected chi connectivity index (χ3v) is 4.23. The Labute approximate surface area is 162 Å². The van der Waals surface area contributed by atoms with Gasteiger partial charge in [-0.25, -0.2) is 13.8 Å². The second kappa shape index (κ2) is 8.56. The van der Waals surface area contributed by atoms with Crippen LogP contribution in [0.1, 0.15) is 30.9 Å². The molecule has 1 unspecified atom stereocenters. The van der Waals surface area contributed by atoms with E-state index >= 15 is 0 Å². The van der Waals surface area contributed by atoms with Crippen molar-refractivity contribution in [3.63, 3.8) is 0 Å². The average Bonchev–Trinajstić information content (AvgIpc) is 2.56. The summed E-state index contributed by atoms with van der Waals surface area (Å²) < 4.78 is 104. The first-order chi connectivity index (χ1) is 13.0. The lowest BCUT2D eigenvalue weighted by Crippen LogP contribution is -2.56. The van der Waals surface area contributed by atoms with E-state index in [2.05, 4.69) is 9.71 Å². The van der Waals surface area contributed by atoms with Crippen LogP contribution < -0.4 is 16.6 Å². The monoisotopic (exact) mass is 445 g/mol. The molecule has 0 fully saturated rings. The van der Waals surface area contributed by atoms with Crippen LogP contribution in [0.25, 0.3) is 0 Å².